The minimum Gasteiger partial charge on any atom is -0.295 e. The van der Waals surface area contributed by atoms with Crippen molar-refractivity contribution in [3.05, 3.63) is 44.4 Å². The average Bonchev–Trinajstić information content (AvgIpc) is 2.17. The zero-order valence-electron chi connectivity index (χ0n) is 7.44. The monoisotopic (exact) mass is 257 g/mol. The standard InChI is InChI=1S/C9H8BrNO3/c1-9(6-12,11(13)14)7-4-2-3-5-8(7)10/h2-6H,1H3. The number of carbonyl (C=O) groups excluding carboxylic acids is 1. The molecule has 0 fully saturated rings. The van der Waals surface area contributed by atoms with Gasteiger partial charge in [0.1, 0.15) is 0 Å². The minimum absolute atomic E-state index is 0.340. The molecule has 0 N–H and O–H groups in total. The Morgan fingerprint density at radius 3 is 2.50 bits per heavy atom. The van der Waals surface area contributed by atoms with E-state index in [1.54, 1.807) is 24.3 Å². The number of halogens is 1. The molecule has 0 saturated carbocycles. The second kappa shape index (κ2) is 3.88. The number of nitro groups is 1. The van der Waals surface area contributed by atoms with E-state index in [1.165, 1.54) is 6.92 Å². The van der Waals surface area contributed by atoms with Crippen LogP contribution in [0.15, 0.2) is 28.7 Å². The van der Waals surface area contributed by atoms with Crippen LogP contribution in [-0.4, -0.2) is 11.2 Å². The SMILES string of the molecule is CC(C=O)(c1ccccc1Br)[N+](=O)[O-]. The van der Waals surface area contributed by atoms with Gasteiger partial charge in [0, 0.05) is 21.9 Å². The van der Waals surface area contributed by atoms with Crippen LogP contribution in [-0.2, 0) is 10.3 Å². The molecule has 14 heavy (non-hydrogen) atoms. The summed E-state index contributed by atoms with van der Waals surface area (Å²) in [6, 6.07) is 6.62. The van der Waals surface area contributed by atoms with Crippen LogP contribution in [0.4, 0.5) is 0 Å². The average molecular weight is 258 g/mol. The predicted molar refractivity (Wildman–Crippen MR) is 54.6 cm³/mol. The van der Waals surface area contributed by atoms with Crippen molar-refractivity contribution in [3.63, 3.8) is 0 Å². The van der Waals surface area contributed by atoms with Crippen molar-refractivity contribution >= 4 is 22.2 Å². The van der Waals surface area contributed by atoms with Crippen molar-refractivity contribution < 1.29 is 9.72 Å². The number of benzene rings is 1. The summed E-state index contributed by atoms with van der Waals surface area (Å²) >= 11 is 3.18. The largest absolute Gasteiger partial charge is 0.299 e. The van der Waals surface area contributed by atoms with E-state index in [0.29, 0.717) is 16.3 Å². The second-order valence-electron chi connectivity index (χ2n) is 3.00. The highest BCUT2D eigenvalue weighted by atomic mass is 79.9. The summed E-state index contributed by atoms with van der Waals surface area (Å²) in [5.41, 5.74) is -1.32. The fourth-order valence-electron chi connectivity index (χ4n) is 1.08. The Morgan fingerprint density at radius 2 is 2.07 bits per heavy atom. The second-order valence-corrected chi connectivity index (χ2v) is 3.86. The molecule has 74 valence electrons. The Bertz CT molecular complexity index is 380. The highest BCUT2D eigenvalue weighted by Crippen LogP contribution is 2.28. The third kappa shape index (κ3) is 1.68. The van der Waals surface area contributed by atoms with Crippen molar-refractivity contribution in [2.45, 2.75) is 12.5 Å². The Kier molecular flexibility index (Phi) is 3.00. The van der Waals surface area contributed by atoms with Gasteiger partial charge in [0.15, 0.2) is 0 Å². The molecule has 1 rings (SSSR count). The van der Waals surface area contributed by atoms with Crippen LogP contribution < -0.4 is 0 Å². The number of nitrogens with zero attached hydrogens (tertiary/aromatic N) is 1. The van der Waals surface area contributed by atoms with Gasteiger partial charge in [-0.05, 0) is 6.07 Å². The van der Waals surface area contributed by atoms with E-state index in [4.69, 9.17) is 0 Å². The Balaban J connectivity index is 3.33. The number of aldehydes is 1. The first-order valence-electron chi connectivity index (χ1n) is 3.88. The van der Waals surface area contributed by atoms with Crippen molar-refractivity contribution in [3.8, 4) is 0 Å². The van der Waals surface area contributed by atoms with E-state index < -0.39 is 10.5 Å². The van der Waals surface area contributed by atoms with Crippen LogP contribution >= 0.6 is 15.9 Å². The smallest absolute Gasteiger partial charge is 0.295 e. The van der Waals surface area contributed by atoms with Crippen LogP contribution in [0.2, 0.25) is 0 Å². The van der Waals surface area contributed by atoms with Crippen LogP contribution in [0.3, 0.4) is 0 Å². The van der Waals surface area contributed by atoms with Gasteiger partial charge in [-0.3, -0.25) is 14.9 Å². The van der Waals surface area contributed by atoms with Crippen LogP contribution in [0.5, 0.6) is 0 Å². The maximum Gasteiger partial charge on any atom is 0.299 e. The van der Waals surface area contributed by atoms with Crippen LogP contribution in [0.1, 0.15) is 12.5 Å². The highest BCUT2D eigenvalue weighted by molar-refractivity contribution is 9.10. The lowest BCUT2D eigenvalue weighted by molar-refractivity contribution is -0.553. The van der Waals surface area contributed by atoms with Gasteiger partial charge in [0.25, 0.3) is 5.54 Å². The molecule has 0 aromatic heterocycles. The van der Waals surface area contributed by atoms with E-state index in [9.17, 15) is 14.9 Å². The lowest BCUT2D eigenvalue weighted by Gasteiger charge is -2.15. The molecule has 1 aromatic rings. The quantitative estimate of drug-likeness (QED) is 0.474. The minimum atomic E-state index is -1.68. The number of rotatable bonds is 3. The molecule has 1 aromatic carbocycles. The van der Waals surface area contributed by atoms with Gasteiger partial charge in [-0.1, -0.05) is 34.1 Å². The molecule has 1 unspecified atom stereocenters. The Labute approximate surface area is 89.2 Å². The first kappa shape index (κ1) is 10.8. The van der Waals surface area contributed by atoms with Crippen molar-refractivity contribution in [2.24, 2.45) is 0 Å². The van der Waals surface area contributed by atoms with Gasteiger partial charge in [0.05, 0.1) is 0 Å². The molecule has 0 spiro atoms. The number of carbonyl (C=O) groups is 1. The molecule has 0 aliphatic rings. The van der Waals surface area contributed by atoms with E-state index in [2.05, 4.69) is 15.9 Å². The molecular formula is C9H8BrNO3. The van der Waals surface area contributed by atoms with Crippen molar-refractivity contribution in [1.29, 1.82) is 0 Å². The topological polar surface area (TPSA) is 60.2 Å². The Morgan fingerprint density at radius 1 is 1.50 bits per heavy atom. The molecule has 0 aliphatic carbocycles. The van der Waals surface area contributed by atoms with Gasteiger partial charge in [0.2, 0.25) is 6.29 Å². The molecule has 5 heteroatoms. The van der Waals surface area contributed by atoms with Crippen molar-refractivity contribution in [2.75, 3.05) is 0 Å². The molecule has 1 atom stereocenters. The molecule has 0 heterocycles. The summed E-state index contributed by atoms with van der Waals surface area (Å²) in [4.78, 5) is 20.9. The molecule has 0 bridgehead atoms. The third-order valence-electron chi connectivity index (χ3n) is 2.03. The van der Waals surface area contributed by atoms with Gasteiger partial charge in [-0.2, -0.15) is 0 Å². The summed E-state index contributed by atoms with van der Waals surface area (Å²) in [7, 11) is 0. The van der Waals surface area contributed by atoms with Gasteiger partial charge >= 0.3 is 0 Å². The summed E-state index contributed by atoms with van der Waals surface area (Å²) in [6.07, 6.45) is 0.340. The molecule has 0 amide bonds. The third-order valence-corrected chi connectivity index (χ3v) is 2.72. The summed E-state index contributed by atoms with van der Waals surface area (Å²) in [6.45, 7) is 1.28. The lowest BCUT2D eigenvalue weighted by Crippen LogP contribution is -2.33. The molecule has 0 saturated heterocycles. The summed E-state index contributed by atoms with van der Waals surface area (Å²) < 4.78 is 0.561. The lowest BCUT2D eigenvalue weighted by atomic mass is 9.95. The molecular weight excluding hydrogens is 250 g/mol. The van der Waals surface area contributed by atoms with E-state index >= 15 is 0 Å². The molecule has 0 aliphatic heterocycles. The van der Waals surface area contributed by atoms with Gasteiger partial charge in [-0.15, -0.1) is 0 Å². The van der Waals surface area contributed by atoms with Crippen molar-refractivity contribution in [1.82, 2.24) is 0 Å². The highest BCUT2D eigenvalue weighted by Gasteiger charge is 2.40. The van der Waals surface area contributed by atoms with E-state index in [-0.39, 0.29) is 0 Å². The predicted octanol–water partition coefficient (Wildman–Crippen LogP) is 2.14. The fraction of sp³-hybridized carbons (Fsp3) is 0.222. The summed E-state index contributed by atoms with van der Waals surface area (Å²) in [5.74, 6) is 0. The van der Waals surface area contributed by atoms with E-state index in [1.807, 2.05) is 0 Å². The maximum absolute atomic E-state index is 10.8. The Hall–Kier alpha value is -1.23. The first-order valence-corrected chi connectivity index (χ1v) is 4.67. The first-order chi connectivity index (χ1) is 6.52. The maximum atomic E-state index is 10.8. The normalized spacial score (nSPS) is 14.4. The molecule has 0 radical (unpaired) electrons. The zero-order valence-corrected chi connectivity index (χ0v) is 9.02. The summed E-state index contributed by atoms with van der Waals surface area (Å²) in [5, 5.41) is 10.8. The van der Waals surface area contributed by atoms with Gasteiger partial charge < -0.3 is 0 Å². The number of hydrogen-bond donors (Lipinski definition) is 0. The number of hydrogen-bond acceptors (Lipinski definition) is 3. The van der Waals surface area contributed by atoms with Crippen LogP contribution in [0, 0.1) is 10.1 Å². The van der Waals surface area contributed by atoms with Crippen LogP contribution in [0.25, 0.3) is 0 Å². The van der Waals surface area contributed by atoms with E-state index in [0.717, 1.165) is 0 Å². The fourth-order valence-corrected chi connectivity index (χ4v) is 1.76. The molecule has 4 nitrogen and oxygen atoms in total. The van der Waals surface area contributed by atoms with Gasteiger partial charge in [-0.25, -0.2) is 0 Å². The zero-order chi connectivity index (χ0) is 10.8.